The smallest absolute Gasteiger partial charge is 0.306 e. The Hall–Kier alpha value is -2.59. The summed E-state index contributed by atoms with van der Waals surface area (Å²) in [5, 5.41) is 10.8. The Morgan fingerprint density at radius 2 is 1.67 bits per heavy atom. The molecule has 3 rings (SSSR count). The summed E-state index contributed by atoms with van der Waals surface area (Å²) in [6.45, 7) is 13.3. The fraction of sp³-hybridized carbons (Fsp3) is 0.531. The molecule has 0 saturated carbocycles. The number of rotatable bonds is 12. The summed E-state index contributed by atoms with van der Waals surface area (Å²) in [6.07, 6.45) is 9.54. The summed E-state index contributed by atoms with van der Waals surface area (Å²) < 4.78 is 11.3. The van der Waals surface area contributed by atoms with Gasteiger partial charge in [0.15, 0.2) is 0 Å². The highest BCUT2D eigenvalue weighted by Gasteiger charge is 2.32. The van der Waals surface area contributed by atoms with Crippen molar-refractivity contribution in [3.8, 4) is 5.75 Å². The molecule has 0 aliphatic carbocycles. The second-order valence-corrected chi connectivity index (χ2v) is 10.3. The van der Waals surface area contributed by atoms with Crippen molar-refractivity contribution in [3.63, 3.8) is 0 Å². The first kappa shape index (κ1) is 28.0. The first-order valence-electron chi connectivity index (χ1n) is 13.7. The van der Waals surface area contributed by atoms with Crippen molar-refractivity contribution in [2.24, 2.45) is 0 Å². The van der Waals surface area contributed by atoms with Gasteiger partial charge in [-0.1, -0.05) is 76.6 Å². The van der Waals surface area contributed by atoms with E-state index in [2.05, 4.69) is 77.1 Å². The fourth-order valence-electron chi connectivity index (χ4n) is 5.44. The Labute approximate surface area is 217 Å². The Morgan fingerprint density at radius 1 is 1.00 bits per heavy atom. The van der Waals surface area contributed by atoms with Crippen LogP contribution in [0.2, 0.25) is 0 Å². The van der Waals surface area contributed by atoms with E-state index in [1.807, 2.05) is 13.0 Å². The van der Waals surface area contributed by atoms with E-state index in [4.69, 9.17) is 9.47 Å². The van der Waals surface area contributed by atoms with Gasteiger partial charge in [-0.15, -0.1) is 0 Å². The number of hydrogen-bond acceptors (Lipinski definition) is 4. The third-order valence-corrected chi connectivity index (χ3v) is 8.02. The van der Waals surface area contributed by atoms with Gasteiger partial charge in [-0.2, -0.15) is 0 Å². The van der Waals surface area contributed by atoms with Crippen molar-refractivity contribution in [2.45, 2.75) is 104 Å². The summed E-state index contributed by atoms with van der Waals surface area (Å²) in [7, 11) is 0. The molecule has 0 radical (unpaired) electrons. The van der Waals surface area contributed by atoms with Gasteiger partial charge >= 0.3 is 5.97 Å². The Balaban J connectivity index is 1.85. The summed E-state index contributed by atoms with van der Waals surface area (Å²) in [4.78, 5) is 11.4. The van der Waals surface area contributed by atoms with Gasteiger partial charge in [0.2, 0.25) is 0 Å². The van der Waals surface area contributed by atoms with Crippen LogP contribution in [0, 0.1) is 13.8 Å². The van der Waals surface area contributed by atoms with Crippen LogP contribution in [0.3, 0.4) is 0 Å². The highest BCUT2D eigenvalue weighted by molar-refractivity contribution is 5.71. The second-order valence-electron chi connectivity index (χ2n) is 10.3. The minimum atomic E-state index is -0.739. The average Bonchev–Trinajstić information content (AvgIpc) is 3.29. The lowest BCUT2D eigenvalue weighted by molar-refractivity contribution is -0.142. The van der Waals surface area contributed by atoms with Gasteiger partial charge in [-0.3, -0.25) is 4.79 Å². The third-order valence-electron chi connectivity index (χ3n) is 8.02. The van der Waals surface area contributed by atoms with Crippen LogP contribution in [0.1, 0.15) is 100 Å². The Bertz CT molecular complexity index is 1070. The van der Waals surface area contributed by atoms with Crippen molar-refractivity contribution >= 4 is 12.0 Å². The maximum Gasteiger partial charge on any atom is 0.306 e. The van der Waals surface area contributed by atoms with E-state index in [9.17, 15) is 9.90 Å². The van der Waals surface area contributed by atoms with E-state index in [-0.39, 0.29) is 17.5 Å². The molecule has 0 aromatic heterocycles. The molecule has 1 heterocycles. The Kier molecular flexibility index (Phi) is 9.41. The highest BCUT2D eigenvalue weighted by atomic mass is 16.6. The van der Waals surface area contributed by atoms with Crippen LogP contribution < -0.4 is 4.74 Å². The van der Waals surface area contributed by atoms with E-state index < -0.39 is 5.60 Å². The van der Waals surface area contributed by atoms with Gasteiger partial charge in [0.1, 0.15) is 18.5 Å². The molecule has 1 fully saturated rings. The number of aryl methyl sites for hydroxylation is 2. The molecule has 0 amide bonds. The molecular formula is C32H44O4. The van der Waals surface area contributed by atoms with E-state index in [0.717, 1.165) is 49.0 Å². The summed E-state index contributed by atoms with van der Waals surface area (Å²) in [6, 6.07) is 13.2. The van der Waals surface area contributed by atoms with Gasteiger partial charge in [0.25, 0.3) is 0 Å². The first-order valence-corrected chi connectivity index (χ1v) is 13.7. The quantitative estimate of drug-likeness (QED) is 0.313. The largest absolute Gasteiger partial charge is 0.489 e. The number of esters is 1. The number of aliphatic hydroxyl groups is 1. The van der Waals surface area contributed by atoms with Crippen LogP contribution in [-0.4, -0.2) is 29.4 Å². The molecule has 36 heavy (non-hydrogen) atoms. The predicted molar refractivity (Wildman–Crippen MR) is 148 cm³/mol. The van der Waals surface area contributed by atoms with E-state index in [1.165, 1.54) is 16.7 Å². The molecular weight excluding hydrogens is 448 g/mol. The van der Waals surface area contributed by atoms with Crippen molar-refractivity contribution in [2.75, 3.05) is 6.61 Å². The number of carbonyl (C=O) groups excluding carboxylic acids is 1. The zero-order valence-electron chi connectivity index (χ0n) is 23.0. The molecule has 4 nitrogen and oxygen atoms in total. The maximum absolute atomic E-state index is 11.4. The van der Waals surface area contributed by atoms with Crippen molar-refractivity contribution in [3.05, 3.63) is 70.3 Å². The Morgan fingerprint density at radius 3 is 2.19 bits per heavy atom. The van der Waals surface area contributed by atoms with Crippen molar-refractivity contribution in [1.82, 2.24) is 0 Å². The van der Waals surface area contributed by atoms with Crippen molar-refractivity contribution in [1.29, 1.82) is 0 Å². The van der Waals surface area contributed by atoms with Crippen LogP contribution in [0.4, 0.5) is 0 Å². The van der Waals surface area contributed by atoms with Crippen LogP contribution >= 0.6 is 0 Å². The molecule has 2 aromatic rings. The zero-order chi connectivity index (χ0) is 26.3. The third kappa shape index (κ3) is 6.21. The minimum absolute atomic E-state index is 0.0936. The van der Waals surface area contributed by atoms with Crippen LogP contribution in [0.15, 0.2) is 42.5 Å². The van der Waals surface area contributed by atoms with Crippen LogP contribution in [-0.2, 0) is 14.9 Å². The molecule has 1 N–H and O–H groups in total. The number of cyclic esters (lactones) is 1. The lowest BCUT2D eigenvalue weighted by atomic mass is 9.70. The van der Waals surface area contributed by atoms with Gasteiger partial charge in [-0.05, 0) is 79.8 Å². The first-order chi connectivity index (χ1) is 17.2. The number of ether oxygens (including phenoxy) is 2. The predicted octanol–water partition coefficient (Wildman–Crippen LogP) is 7.45. The van der Waals surface area contributed by atoms with Crippen LogP contribution in [0.5, 0.6) is 5.75 Å². The molecule has 1 aliphatic heterocycles. The molecule has 0 bridgehead atoms. The highest BCUT2D eigenvalue weighted by Crippen LogP contribution is 2.41. The van der Waals surface area contributed by atoms with Gasteiger partial charge in [0.05, 0.1) is 5.60 Å². The topological polar surface area (TPSA) is 55.8 Å². The van der Waals surface area contributed by atoms with E-state index in [1.54, 1.807) is 0 Å². The molecule has 196 valence electrons. The van der Waals surface area contributed by atoms with Gasteiger partial charge < -0.3 is 14.6 Å². The number of hydrogen-bond donors (Lipinski definition) is 1. The molecule has 1 saturated heterocycles. The van der Waals surface area contributed by atoms with Crippen molar-refractivity contribution < 1.29 is 19.4 Å². The van der Waals surface area contributed by atoms with E-state index >= 15 is 0 Å². The lowest BCUT2D eigenvalue weighted by Gasteiger charge is -2.34. The molecule has 4 heteroatoms. The standard InChI is InChI=1S/C32H44O4/c1-7-18-31(34,8-2)19-17-25-11-12-26(20-23(25)5)32(9-3,10-4)27-13-15-29(24(6)21-27)35-22-28-14-16-30(33)36-28/h11-13,15,17,19-21,28,34H,7-10,14,16,18,22H2,1-6H3/b19-17+/t28-,31?/m0/s1. The maximum atomic E-state index is 11.4. The number of carbonyl (C=O) groups is 1. The number of benzene rings is 2. The van der Waals surface area contributed by atoms with Crippen LogP contribution in [0.25, 0.3) is 6.08 Å². The summed E-state index contributed by atoms with van der Waals surface area (Å²) in [5.41, 5.74) is 5.22. The molecule has 1 unspecified atom stereocenters. The molecule has 1 aliphatic rings. The fourth-order valence-corrected chi connectivity index (χ4v) is 5.44. The van der Waals surface area contributed by atoms with Gasteiger partial charge in [-0.25, -0.2) is 0 Å². The summed E-state index contributed by atoms with van der Waals surface area (Å²) in [5.74, 6) is 0.708. The van der Waals surface area contributed by atoms with E-state index in [0.29, 0.717) is 19.4 Å². The average molecular weight is 493 g/mol. The molecule has 2 aromatic carbocycles. The SMILES string of the molecule is CCCC(O)(/C=C/c1ccc(C(CC)(CC)c2ccc(OC[C@@H]3CCC(=O)O3)c(C)c2)cc1C)CC. The normalized spacial score (nSPS) is 17.9. The molecule has 2 atom stereocenters. The van der Waals surface area contributed by atoms with Gasteiger partial charge in [0, 0.05) is 11.8 Å². The zero-order valence-corrected chi connectivity index (χ0v) is 23.0. The second kappa shape index (κ2) is 12.1. The summed E-state index contributed by atoms with van der Waals surface area (Å²) >= 11 is 0. The monoisotopic (exact) mass is 492 g/mol. The minimum Gasteiger partial charge on any atom is -0.489 e. The molecule has 0 spiro atoms. The lowest BCUT2D eigenvalue weighted by Crippen LogP contribution is -2.26.